The number of fused-ring (bicyclic) bond motifs is 5. The zero-order valence-corrected chi connectivity index (χ0v) is 35.9. The summed E-state index contributed by atoms with van der Waals surface area (Å²) in [5.41, 5.74) is 18.2. The van der Waals surface area contributed by atoms with Crippen LogP contribution in [0.25, 0.3) is 65.7 Å². The second kappa shape index (κ2) is 15.5. The van der Waals surface area contributed by atoms with Gasteiger partial charge in [-0.2, -0.15) is 0 Å². The first-order valence-corrected chi connectivity index (χ1v) is 21.7. The summed E-state index contributed by atoms with van der Waals surface area (Å²) in [6, 6.07) is 74.7. The van der Waals surface area contributed by atoms with E-state index in [1.807, 2.05) is 0 Å². The predicted molar refractivity (Wildman–Crippen MR) is 268 cm³/mol. The van der Waals surface area contributed by atoms with Crippen LogP contribution < -0.4 is 9.80 Å². The van der Waals surface area contributed by atoms with Crippen LogP contribution in [0, 0.1) is 27.7 Å². The first kappa shape index (κ1) is 38.1. The van der Waals surface area contributed by atoms with Gasteiger partial charge in [-0.1, -0.05) is 146 Å². The molecule has 10 aromatic carbocycles. The number of hydrogen-bond acceptors (Lipinski definition) is 3. The highest BCUT2D eigenvalue weighted by Crippen LogP contribution is 2.47. The molecule has 0 aliphatic rings. The Morgan fingerprint density at radius 2 is 0.714 bits per heavy atom. The van der Waals surface area contributed by atoms with Crippen LogP contribution in [0.4, 0.5) is 34.1 Å². The minimum Gasteiger partial charge on any atom is -0.456 e. The van der Waals surface area contributed by atoms with Gasteiger partial charge in [0, 0.05) is 44.6 Å². The second-order valence-electron chi connectivity index (χ2n) is 16.8. The molecule has 63 heavy (non-hydrogen) atoms. The number of anilines is 6. The van der Waals surface area contributed by atoms with Crippen molar-refractivity contribution in [2.45, 2.75) is 27.7 Å². The number of aryl methyl sites for hydroxylation is 4. The lowest BCUT2D eigenvalue weighted by molar-refractivity contribution is 0.670. The summed E-state index contributed by atoms with van der Waals surface area (Å²) < 4.78 is 6.81. The molecule has 302 valence electrons. The van der Waals surface area contributed by atoms with Gasteiger partial charge >= 0.3 is 0 Å². The molecule has 0 saturated carbocycles. The SMILES string of the molecule is Cc1ccccc1N(c1ccc2cc3c(cc2c1)oc1cc2cc(N(c4ccccc4C)c4c(C)cccc4-c4ccccc4)ccc2cc13)c1c(C)cccc1-c1ccccc1. The second-order valence-corrected chi connectivity index (χ2v) is 16.8. The lowest BCUT2D eigenvalue weighted by Gasteiger charge is -2.31. The molecule has 0 spiro atoms. The van der Waals surface area contributed by atoms with Crippen molar-refractivity contribution in [3.8, 4) is 22.3 Å². The minimum atomic E-state index is 0.877. The number of hydrogen-bond donors (Lipinski definition) is 0. The van der Waals surface area contributed by atoms with E-state index in [1.54, 1.807) is 0 Å². The van der Waals surface area contributed by atoms with Gasteiger partial charge in [0.05, 0.1) is 11.4 Å². The zero-order chi connectivity index (χ0) is 42.6. The summed E-state index contributed by atoms with van der Waals surface area (Å²) in [7, 11) is 0. The number of nitrogens with zero attached hydrogens (tertiary/aromatic N) is 2. The van der Waals surface area contributed by atoms with E-state index in [0.717, 1.165) is 55.5 Å². The molecule has 0 amide bonds. The number of rotatable bonds is 8. The minimum absolute atomic E-state index is 0.877. The topological polar surface area (TPSA) is 19.6 Å². The first-order valence-electron chi connectivity index (χ1n) is 21.7. The Morgan fingerprint density at radius 3 is 1.14 bits per heavy atom. The van der Waals surface area contributed by atoms with Crippen LogP contribution in [0.5, 0.6) is 0 Å². The third-order valence-electron chi connectivity index (χ3n) is 12.7. The Labute approximate surface area is 368 Å². The molecule has 0 fully saturated rings. The summed E-state index contributed by atoms with van der Waals surface area (Å²) in [6.45, 7) is 8.81. The fraction of sp³-hybridized carbons (Fsp3) is 0.0667. The van der Waals surface area contributed by atoms with Gasteiger partial charge in [0.1, 0.15) is 11.2 Å². The van der Waals surface area contributed by atoms with Crippen molar-refractivity contribution < 1.29 is 4.42 Å². The van der Waals surface area contributed by atoms with Gasteiger partial charge in [-0.15, -0.1) is 0 Å². The van der Waals surface area contributed by atoms with Crippen LogP contribution >= 0.6 is 0 Å². The molecule has 0 N–H and O–H groups in total. The molecule has 11 aromatic rings. The third-order valence-corrected chi connectivity index (χ3v) is 12.7. The number of benzene rings is 10. The van der Waals surface area contributed by atoms with Gasteiger partial charge in [0.2, 0.25) is 0 Å². The Balaban J connectivity index is 1.05. The number of para-hydroxylation sites is 4. The highest BCUT2D eigenvalue weighted by atomic mass is 16.3. The maximum absolute atomic E-state index is 6.81. The highest BCUT2D eigenvalue weighted by Gasteiger charge is 2.23. The van der Waals surface area contributed by atoms with E-state index in [-0.39, 0.29) is 0 Å². The van der Waals surface area contributed by atoms with Crippen molar-refractivity contribution in [2.24, 2.45) is 0 Å². The molecular weight excluding hydrogens is 765 g/mol. The molecule has 0 atom stereocenters. The molecule has 3 heteroatoms. The fourth-order valence-corrected chi connectivity index (χ4v) is 9.53. The van der Waals surface area contributed by atoms with Gasteiger partial charge in [-0.25, -0.2) is 0 Å². The van der Waals surface area contributed by atoms with Gasteiger partial charge in [-0.3, -0.25) is 0 Å². The van der Waals surface area contributed by atoms with Crippen LogP contribution in [0.3, 0.4) is 0 Å². The fourth-order valence-electron chi connectivity index (χ4n) is 9.53. The molecule has 0 radical (unpaired) electrons. The van der Waals surface area contributed by atoms with Gasteiger partial charge in [-0.05, 0) is 143 Å². The van der Waals surface area contributed by atoms with Crippen molar-refractivity contribution >= 4 is 77.6 Å². The molecule has 11 rings (SSSR count). The van der Waals surface area contributed by atoms with E-state index in [1.165, 1.54) is 66.7 Å². The molecule has 0 bridgehead atoms. The Hall–Kier alpha value is -7.88. The molecule has 1 heterocycles. The summed E-state index contributed by atoms with van der Waals surface area (Å²) in [6.07, 6.45) is 0. The van der Waals surface area contributed by atoms with E-state index in [9.17, 15) is 0 Å². The van der Waals surface area contributed by atoms with Crippen LogP contribution in [0.1, 0.15) is 22.3 Å². The highest BCUT2D eigenvalue weighted by molar-refractivity contribution is 6.14. The maximum Gasteiger partial charge on any atom is 0.136 e. The Bertz CT molecular complexity index is 3280. The van der Waals surface area contributed by atoms with Crippen molar-refractivity contribution in [1.82, 2.24) is 0 Å². The standard InChI is InChI=1S/C60H46N2O/c1-39-17-11-13-27-55(39)61(59-41(3)19-15-25-51(59)43-21-7-5-8-22-43)49-31-29-45-35-53-54-36-46-30-32-50(34-48(46)38-58(54)63-57(53)37-47(45)33-49)62(56-28-14-12-18-40(56)2)60-42(4)20-16-26-52(60)44-23-9-6-10-24-44/h5-38H,1-4H3. The largest absolute Gasteiger partial charge is 0.456 e. The Kier molecular flexibility index (Phi) is 9.39. The monoisotopic (exact) mass is 810 g/mol. The molecule has 3 nitrogen and oxygen atoms in total. The van der Waals surface area contributed by atoms with Crippen molar-refractivity contribution in [3.05, 3.63) is 229 Å². The third kappa shape index (κ3) is 6.70. The van der Waals surface area contributed by atoms with Gasteiger partial charge in [0.25, 0.3) is 0 Å². The summed E-state index contributed by atoms with van der Waals surface area (Å²) in [5.74, 6) is 0. The van der Waals surface area contributed by atoms with Crippen LogP contribution in [0.15, 0.2) is 211 Å². The predicted octanol–water partition coefficient (Wildman–Crippen LogP) is 17.4. The van der Waals surface area contributed by atoms with E-state index in [4.69, 9.17) is 4.42 Å². The molecule has 1 aromatic heterocycles. The van der Waals surface area contributed by atoms with Crippen LogP contribution in [-0.2, 0) is 0 Å². The Morgan fingerprint density at radius 1 is 0.317 bits per heavy atom. The van der Waals surface area contributed by atoms with E-state index < -0.39 is 0 Å². The zero-order valence-electron chi connectivity index (χ0n) is 35.9. The van der Waals surface area contributed by atoms with Crippen LogP contribution in [0.2, 0.25) is 0 Å². The van der Waals surface area contributed by atoms with E-state index in [0.29, 0.717) is 0 Å². The van der Waals surface area contributed by atoms with Crippen molar-refractivity contribution in [3.63, 3.8) is 0 Å². The average molecular weight is 811 g/mol. The smallest absolute Gasteiger partial charge is 0.136 e. The normalized spacial score (nSPS) is 11.5. The molecule has 0 aliphatic heterocycles. The van der Waals surface area contributed by atoms with Crippen molar-refractivity contribution in [1.29, 1.82) is 0 Å². The van der Waals surface area contributed by atoms with Crippen molar-refractivity contribution in [2.75, 3.05) is 9.80 Å². The first-order chi connectivity index (χ1) is 30.9. The maximum atomic E-state index is 6.81. The summed E-state index contributed by atoms with van der Waals surface area (Å²) in [4.78, 5) is 4.86. The lowest BCUT2D eigenvalue weighted by Crippen LogP contribution is -2.14. The molecular formula is C60H46N2O. The van der Waals surface area contributed by atoms with E-state index >= 15 is 0 Å². The molecule has 0 unspecified atom stereocenters. The van der Waals surface area contributed by atoms with Gasteiger partial charge < -0.3 is 14.2 Å². The molecule has 0 saturated heterocycles. The number of furan rings is 1. The average Bonchev–Trinajstić information content (AvgIpc) is 3.65. The quantitative estimate of drug-likeness (QED) is 0.152. The van der Waals surface area contributed by atoms with E-state index in [2.05, 4.69) is 244 Å². The summed E-state index contributed by atoms with van der Waals surface area (Å²) >= 11 is 0. The lowest BCUT2D eigenvalue weighted by atomic mass is 9.97. The van der Waals surface area contributed by atoms with Crippen LogP contribution in [-0.4, -0.2) is 0 Å². The molecule has 0 aliphatic carbocycles. The summed E-state index contributed by atoms with van der Waals surface area (Å²) in [5, 5.41) is 6.82. The van der Waals surface area contributed by atoms with Gasteiger partial charge in [0.15, 0.2) is 0 Å².